The largest absolute Gasteiger partial charge is 0.461 e. The van der Waals surface area contributed by atoms with E-state index in [4.69, 9.17) is 4.74 Å². The second-order valence-corrected chi connectivity index (χ2v) is 6.07. The Hall–Kier alpha value is -2.54. The third-order valence-electron chi connectivity index (χ3n) is 4.07. The van der Waals surface area contributed by atoms with E-state index in [9.17, 15) is 4.79 Å². The second-order valence-electron chi connectivity index (χ2n) is 6.07. The van der Waals surface area contributed by atoms with Crippen LogP contribution < -0.4 is 15.2 Å². The summed E-state index contributed by atoms with van der Waals surface area (Å²) in [6, 6.07) is 8.17. The van der Waals surface area contributed by atoms with Crippen LogP contribution in [0.25, 0.3) is 0 Å². The van der Waals surface area contributed by atoms with Crippen molar-refractivity contribution >= 4 is 23.1 Å². The Kier molecular flexibility index (Phi) is 9.96. The second kappa shape index (κ2) is 12.0. The van der Waals surface area contributed by atoms with Crippen LogP contribution in [0.3, 0.4) is 0 Å². The molecule has 0 radical (unpaired) electrons. The van der Waals surface area contributed by atoms with Gasteiger partial charge in [0.1, 0.15) is 6.20 Å². The number of benzene rings is 1. The van der Waals surface area contributed by atoms with E-state index in [-0.39, 0.29) is 0 Å². The summed E-state index contributed by atoms with van der Waals surface area (Å²) in [4.78, 5) is 16.5. The molecule has 7 nitrogen and oxygen atoms in total. The molecule has 1 aromatic rings. The Labute approximate surface area is 163 Å². The number of nitrogens with two attached hydrogens (primary N) is 1. The summed E-state index contributed by atoms with van der Waals surface area (Å²) < 4.78 is 5.16. The zero-order valence-electron chi connectivity index (χ0n) is 17.5. The van der Waals surface area contributed by atoms with E-state index in [1.165, 1.54) is 5.69 Å². The van der Waals surface area contributed by atoms with Crippen molar-refractivity contribution in [2.75, 3.05) is 57.3 Å². The van der Waals surface area contributed by atoms with Gasteiger partial charge >= 0.3 is 5.97 Å². The van der Waals surface area contributed by atoms with Gasteiger partial charge in [-0.05, 0) is 45.0 Å². The molecule has 1 aromatic carbocycles. The first-order valence-corrected chi connectivity index (χ1v) is 9.46. The lowest BCUT2D eigenvalue weighted by Crippen LogP contribution is -2.72. The smallest absolute Gasteiger partial charge is 0.356 e. The third kappa shape index (κ3) is 7.30. The number of hydrazone groups is 1. The average molecular weight is 377 g/mol. The van der Waals surface area contributed by atoms with Crippen molar-refractivity contribution in [3.63, 3.8) is 0 Å². The number of ether oxygens (including phenoxy) is 1. The molecule has 0 amide bonds. The summed E-state index contributed by atoms with van der Waals surface area (Å²) in [5, 5.41) is 8.15. The first kappa shape index (κ1) is 22.5. The van der Waals surface area contributed by atoms with E-state index in [0.29, 0.717) is 18.9 Å². The Morgan fingerprint density at radius 3 is 2.22 bits per heavy atom. The minimum Gasteiger partial charge on any atom is -0.461 e. The molecule has 0 unspecified atom stereocenters. The number of quaternary nitrogens is 1. The number of carbonyl (C=O) groups excluding carboxylic acids is 1. The molecule has 7 heteroatoms. The van der Waals surface area contributed by atoms with Crippen molar-refractivity contribution in [3.05, 3.63) is 36.7 Å². The topological polar surface area (TPSA) is 65.0 Å². The lowest BCUT2D eigenvalue weighted by atomic mass is 10.2. The number of nitrogens with zero attached hydrogens (tertiary/aromatic N) is 4. The van der Waals surface area contributed by atoms with Crippen LogP contribution in [-0.2, 0) is 9.53 Å². The van der Waals surface area contributed by atoms with E-state index in [1.54, 1.807) is 11.9 Å². The molecule has 2 N–H and O–H groups in total. The van der Waals surface area contributed by atoms with Gasteiger partial charge in [0.05, 0.1) is 32.1 Å². The maximum absolute atomic E-state index is 12.3. The molecule has 150 valence electrons. The fraction of sp³-hybridized carbons (Fsp3) is 0.500. The van der Waals surface area contributed by atoms with Gasteiger partial charge < -0.3 is 19.9 Å². The van der Waals surface area contributed by atoms with Crippen molar-refractivity contribution in [3.8, 4) is 0 Å². The molecule has 0 saturated carbocycles. The summed E-state index contributed by atoms with van der Waals surface area (Å²) in [5.74, 6) is -0.398. The minimum absolute atomic E-state index is 0.322. The van der Waals surface area contributed by atoms with Crippen molar-refractivity contribution in [1.29, 1.82) is 0 Å². The van der Waals surface area contributed by atoms with E-state index < -0.39 is 5.97 Å². The fourth-order valence-corrected chi connectivity index (χ4v) is 2.58. The van der Waals surface area contributed by atoms with Crippen LogP contribution in [0.1, 0.15) is 20.8 Å². The van der Waals surface area contributed by atoms with Gasteiger partial charge in [0, 0.05) is 32.9 Å². The Morgan fingerprint density at radius 1 is 1.11 bits per heavy atom. The zero-order chi connectivity index (χ0) is 20.2. The highest BCUT2D eigenvalue weighted by atomic mass is 16.5. The predicted molar refractivity (Wildman–Crippen MR) is 112 cm³/mol. The van der Waals surface area contributed by atoms with Crippen LogP contribution in [0.15, 0.2) is 41.8 Å². The van der Waals surface area contributed by atoms with E-state index >= 15 is 0 Å². The normalized spacial score (nSPS) is 11.6. The maximum atomic E-state index is 12.3. The molecule has 0 aliphatic heterocycles. The van der Waals surface area contributed by atoms with Gasteiger partial charge in [-0.3, -0.25) is 5.01 Å². The number of hydrogen-bond acceptors (Lipinski definition) is 6. The third-order valence-corrected chi connectivity index (χ3v) is 4.07. The van der Waals surface area contributed by atoms with E-state index in [0.717, 1.165) is 18.8 Å². The van der Waals surface area contributed by atoms with Gasteiger partial charge in [-0.1, -0.05) is 0 Å². The number of esters is 1. The van der Waals surface area contributed by atoms with Crippen LogP contribution in [0.2, 0.25) is 0 Å². The number of hydrogen-bond donors (Lipinski definition) is 1. The number of carbonyl (C=O) groups is 1. The molecular formula is C20H34N5O2+. The molecule has 0 bridgehead atoms. The Balaban J connectivity index is 2.99. The fourth-order valence-electron chi connectivity index (χ4n) is 2.58. The molecule has 0 fully saturated rings. The van der Waals surface area contributed by atoms with E-state index in [2.05, 4.69) is 36.0 Å². The molecule has 0 atom stereocenters. The van der Waals surface area contributed by atoms with Gasteiger partial charge in [-0.2, -0.15) is 5.10 Å². The van der Waals surface area contributed by atoms with Crippen molar-refractivity contribution < 1.29 is 14.8 Å². The van der Waals surface area contributed by atoms with Gasteiger partial charge in [0.2, 0.25) is 0 Å². The Bertz CT molecular complexity index is 624. The van der Waals surface area contributed by atoms with Crippen molar-refractivity contribution in [2.45, 2.75) is 20.8 Å². The molecule has 1 rings (SSSR count). The maximum Gasteiger partial charge on any atom is 0.356 e. The summed E-state index contributed by atoms with van der Waals surface area (Å²) in [7, 11) is 5.68. The highest BCUT2D eigenvalue weighted by Crippen LogP contribution is 2.20. The first-order valence-electron chi connectivity index (χ1n) is 9.46. The standard InChI is InChI=1S/C20H33N5O2/c1-7-25(8-2)18-12-10-17(11-13-18)24(6)22-19(20(26)27-9-3)16-23(5)15-14-21-4/h10-15,21H,7-9,16H2,1-6H3/p+1/b15-14-,22-19-. The molecule has 0 saturated heterocycles. The summed E-state index contributed by atoms with van der Waals surface area (Å²) in [6.07, 6.45) is 3.81. The van der Waals surface area contributed by atoms with Crippen LogP contribution in [0.5, 0.6) is 0 Å². The molecule has 0 aromatic heterocycles. The van der Waals surface area contributed by atoms with Crippen LogP contribution >= 0.6 is 0 Å². The number of anilines is 2. The van der Waals surface area contributed by atoms with Gasteiger partial charge in [0.15, 0.2) is 5.71 Å². The van der Waals surface area contributed by atoms with Crippen molar-refractivity contribution in [2.24, 2.45) is 5.10 Å². The quantitative estimate of drug-likeness (QED) is 0.360. The molecule has 0 spiro atoms. The highest BCUT2D eigenvalue weighted by molar-refractivity contribution is 6.37. The van der Waals surface area contributed by atoms with Crippen LogP contribution in [0.4, 0.5) is 11.4 Å². The summed E-state index contributed by atoms with van der Waals surface area (Å²) in [5.41, 5.74) is 2.44. The summed E-state index contributed by atoms with van der Waals surface area (Å²) >= 11 is 0. The van der Waals surface area contributed by atoms with Crippen LogP contribution in [-0.4, -0.2) is 64.0 Å². The average Bonchev–Trinajstić information content (AvgIpc) is 2.67. The Morgan fingerprint density at radius 2 is 1.70 bits per heavy atom. The molecule has 27 heavy (non-hydrogen) atoms. The highest BCUT2D eigenvalue weighted by Gasteiger charge is 2.16. The molecule has 0 heterocycles. The minimum atomic E-state index is -0.398. The summed E-state index contributed by atoms with van der Waals surface area (Å²) in [6.45, 7) is 8.69. The lowest BCUT2D eigenvalue weighted by molar-refractivity contribution is -0.557. The first-order chi connectivity index (χ1) is 13.0. The molecule has 0 aliphatic carbocycles. The van der Waals surface area contributed by atoms with Crippen LogP contribution in [0, 0.1) is 0 Å². The zero-order valence-corrected chi connectivity index (χ0v) is 17.5. The monoisotopic (exact) mass is 376 g/mol. The molecular weight excluding hydrogens is 342 g/mol. The molecule has 0 aliphatic rings. The van der Waals surface area contributed by atoms with Gasteiger partial charge in [0.25, 0.3) is 0 Å². The van der Waals surface area contributed by atoms with Gasteiger partial charge in [-0.15, -0.1) is 0 Å². The SMILES string of the molecule is CCOC(=O)/C(CN(C)/C=C\[NH2+]C)=N\N(C)c1ccc(N(CC)CC)cc1. The number of rotatable bonds is 11. The van der Waals surface area contributed by atoms with Gasteiger partial charge in [-0.25, -0.2) is 4.79 Å². The predicted octanol–water partition coefficient (Wildman–Crippen LogP) is 1.48. The lowest BCUT2D eigenvalue weighted by Gasteiger charge is -2.22. The van der Waals surface area contributed by atoms with Crippen molar-refractivity contribution in [1.82, 2.24) is 4.90 Å². The van der Waals surface area contributed by atoms with E-state index in [1.807, 2.05) is 55.9 Å².